The van der Waals surface area contributed by atoms with Gasteiger partial charge in [-0.2, -0.15) is 0 Å². The van der Waals surface area contributed by atoms with Gasteiger partial charge in [-0.05, 0) is 30.0 Å². The maximum atomic E-state index is 9.96. The highest BCUT2D eigenvalue weighted by atomic mass is 28.4. The van der Waals surface area contributed by atoms with E-state index in [1.54, 1.807) is 6.92 Å². The summed E-state index contributed by atoms with van der Waals surface area (Å²) in [5.41, 5.74) is 1.45. The Kier molecular flexibility index (Phi) is 9.01. The Balaban J connectivity index is 5.55. The highest BCUT2D eigenvalue weighted by Gasteiger charge is 2.47. The molecule has 0 aliphatic rings. The second kappa shape index (κ2) is 9.08. The van der Waals surface area contributed by atoms with Gasteiger partial charge in [0.15, 0.2) is 0 Å². The molecule has 0 saturated heterocycles. The average molecular weight is 317 g/mol. The van der Waals surface area contributed by atoms with Gasteiger partial charge in [0.25, 0.3) is 0 Å². The van der Waals surface area contributed by atoms with E-state index in [2.05, 4.69) is 48.1 Å². The Morgan fingerprint density at radius 1 is 1.00 bits per heavy atom. The molecule has 0 amide bonds. The third kappa shape index (κ3) is 4.91. The normalized spacial score (nSPS) is 17.3. The molecule has 0 rings (SSSR count). The van der Waals surface area contributed by atoms with Crippen molar-refractivity contribution in [2.75, 3.05) is 6.61 Å². The van der Waals surface area contributed by atoms with Gasteiger partial charge in [0.2, 0.25) is 8.32 Å². The third-order valence-electron chi connectivity index (χ3n) is 4.77. The van der Waals surface area contributed by atoms with E-state index in [4.69, 9.17) is 4.43 Å². The van der Waals surface area contributed by atoms with E-state index in [0.717, 1.165) is 0 Å². The lowest BCUT2D eigenvalue weighted by Gasteiger charge is -2.46. The van der Waals surface area contributed by atoms with Crippen molar-refractivity contribution < 1.29 is 14.6 Å². The molecule has 0 bridgehead atoms. The Hall–Kier alpha value is -0.163. The van der Waals surface area contributed by atoms with E-state index in [1.165, 1.54) is 0 Å². The van der Waals surface area contributed by atoms with E-state index in [9.17, 15) is 10.2 Å². The first-order chi connectivity index (χ1) is 9.64. The lowest BCUT2D eigenvalue weighted by Crippen LogP contribution is -2.52. The van der Waals surface area contributed by atoms with Crippen molar-refractivity contribution in [1.82, 2.24) is 0 Å². The SMILES string of the molecule is C=CC[C@@H](O[Si](C(C)C)(C(C)C)C(C)C)[C@@H](CO)[C@@H](C)O. The van der Waals surface area contributed by atoms with E-state index < -0.39 is 14.4 Å². The van der Waals surface area contributed by atoms with Crippen molar-refractivity contribution in [3.63, 3.8) is 0 Å². The molecule has 0 heterocycles. The van der Waals surface area contributed by atoms with Gasteiger partial charge in [-0.15, -0.1) is 6.58 Å². The molecule has 0 unspecified atom stereocenters. The Bertz CT molecular complexity index is 279. The van der Waals surface area contributed by atoms with E-state index in [-0.39, 0.29) is 18.6 Å². The Morgan fingerprint density at radius 3 is 1.67 bits per heavy atom. The summed E-state index contributed by atoms with van der Waals surface area (Å²) in [5.74, 6) is -0.258. The number of aliphatic hydroxyl groups excluding tert-OH is 2. The lowest BCUT2D eigenvalue weighted by molar-refractivity contribution is -0.00241. The maximum absolute atomic E-state index is 9.96. The molecule has 0 radical (unpaired) electrons. The minimum absolute atomic E-state index is 0.0606. The minimum Gasteiger partial charge on any atom is -0.412 e. The van der Waals surface area contributed by atoms with E-state index >= 15 is 0 Å². The fraction of sp³-hybridized carbons (Fsp3) is 0.882. The van der Waals surface area contributed by atoms with Crippen LogP contribution in [0.25, 0.3) is 0 Å². The molecular formula is C17H36O3Si. The van der Waals surface area contributed by atoms with Crippen LogP contribution in [0.1, 0.15) is 54.9 Å². The van der Waals surface area contributed by atoms with Crippen molar-refractivity contribution in [2.24, 2.45) is 5.92 Å². The summed E-state index contributed by atoms with van der Waals surface area (Å²) in [6.07, 6.45) is 1.75. The highest BCUT2D eigenvalue weighted by molar-refractivity contribution is 6.77. The van der Waals surface area contributed by atoms with Gasteiger partial charge in [-0.25, -0.2) is 0 Å². The van der Waals surface area contributed by atoms with Crippen LogP contribution in [0, 0.1) is 5.92 Å². The van der Waals surface area contributed by atoms with Gasteiger partial charge in [0.05, 0.1) is 18.8 Å². The smallest absolute Gasteiger partial charge is 0.200 e. The fourth-order valence-corrected chi connectivity index (χ4v) is 9.34. The topological polar surface area (TPSA) is 49.7 Å². The van der Waals surface area contributed by atoms with Crippen LogP contribution in [-0.4, -0.2) is 37.3 Å². The third-order valence-corrected chi connectivity index (χ3v) is 10.9. The molecule has 3 atom stereocenters. The van der Waals surface area contributed by atoms with E-state index in [0.29, 0.717) is 23.0 Å². The molecule has 0 fully saturated rings. The summed E-state index contributed by atoms with van der Waals surface area (Å²) in [5, 5.41) is 19.6. The number of hydrogen-bond acceptors (Lipinski definition) is 3. The van der Waals surface area contributed by atoms with Crippen LogP contribution in [0.15, 0.2) is 12.7 Å². The predicted molar refractivity (Wildman–Crippen MR) is 93.0 cm³/mol. The van der Waals surface area contributed by atoms with E-state index in [1.807, 2.05) is 6.08 Å². The summed E-state index contributed by atoms with van der Waals surface area (Å²) in [7, 11) is -2.02. The zero-order valence-corrected chi connectivity index (χ0v) is 16.0. The van der Waals surface area contributed by atoms with Crippen LogP contribution in [0.4, 0.5) is 0 Å². The van der Waals surface area contributed by atoms with Crippen LogP contribution >= 0.6 is 0 Å². The molecule has 0 aromatic carbocycles. The Labute approximate surface area is 132 Å². The predicted octanol–water partition coefficient (Wildman–Crippen LogP) is 4.11. The van der Waals surface area contributed by atoms with Gasteiger partial charge < -0.3 is 14.6 Å². The number of hydrogen-bond donors (Lipinski definition) is 2. The number of aliphatic hydroxyl groups is 2. The zero-order chi connectivity index (χ0) is 16.8. The first-order valence-electron chi connectivity index (χ1n) is 8.22. The van der Waals surface area contributed by atoms with Crippen molar-refractivity contribution >= 4 is 8.32 Å². The second-order valence-corrected chi connectivity index (χ2v) is 12.5. The van der Waals surface area contributed by atoms with Crippen molar-refractivity contribution in [1.29, 1.82) is 0 Å². The van der Waals surface area contributed by atoms with Crippen molar-refractivity contribution in [3.8, 4) is 0 Å². The summed E-state index contributed by atoms with van der Waals surface area (Å²) in [6.45, 7) is 18.9. The van der Waals surface area contributed by atoms with Crippen molar-refractivity contribution in [2.45, 2.75) is 83.7 Å². The second-order valence-electron chi connectivity index (χ2n) is 7.09. The van der Waals surface area contributed by atoms with Gasteiger partial charge in [0.1, 0.15) is 0 Å². The molecule has 4 heteroatoms. The summed E-state index contributed by atoms with van der Waals surface area (Å²) in [6, 6.07) is 0. The van der Waals surface area contributed by atoms with Gasteiger partial charge in [-0.3, -0.25) is 0 Å². The fourth-order valence-electron chi connectivity index (χ4n) is 3.73. The molecule has 126 valence electrons. The zero-order valence-electron chi connectivity index (χ0n) is 15.0. The Morgan fingerprint density at radius 2 is 1.43 bits per heavy atom. The maximum Gasteiger partial charge on any atom is 0.200 e. The van der Waals surface area contributed by atoms with Gasteiger partial charge in [-0.1, -0.05) is 47.6 Å². The molecule has 2 N–H and O–H groups in total. The molecule has 0 spiro atoms. The quantitative estimate of drug-likeness (QED) is 0.471. The molecule has 21 heavy (non-hydrogen) atoms. The van der Waals surface area contributed by atoms with Crippen LogP contribution in [-0.2, 0) is 4.43 Å². The first kappa shape index (κ1) is 20.8. The van der Waals surface area contributed by atoms with Crippen LogP contribution in [0.2, 0.25) is 16.6 Å². The molecule has 0 saturated carbocycles. The first-order valence-corrected chi connectivity index (χ1v) is 10.4. The van der Waals surface area contributed by atoms with Crippen molar-refractivity contribution in [3.05, 3.63) is 12.7 Å². The molecule has 0 aliphatic heterocycles. The molecule has 3 nitrogen and oxygen atoms in total. The monoisotopic (exact) mass is 316 g/mol. The molecule has 0 aromatic rings. The highest BCUT2D eigenvalue weighted by Crippen LogP contribution is 2.44. The van der Waals surface area contributed by atoms with Crippen LogP contribution in [0.5, 0.6) is 0 Å². The minimum atomic E-state index is -2.02. The lowest BCUT2D eigenvalue weighted by atomic mass is 9.96. The van der Waals surface area contributed by atoms with Crippen LogP contribution in [0.3, 0.4) is 0 Å². The standard InChI is InChI=1S/C17H36O3Si/c1-9-10-17(16(11-18)15(8)19)20-21(12(2)3,13(4)5)14(6)7/h9,12-19H,1,10-11H2,2-8H3/t15-,16+,17-/m1/s1. The van der Waals surface area contributed by atoms with Gasteiger partial charge >= 0.3 is 0 Å². The molecular weight excluding hydrogens is 280 g/mol. The summed E-state index contributed by atoms with van der Waals surface area (Å²) in [4.78, 5) is 0. The van der Waals surface area contributed by atoms with Gasteiger partial charge in [0, 0.05) is 5.92 Å². The van der Waals surface area contributed by atoms with Crippen LogP contribution < -0.4 is 0 Å². The number of rotatable bonds is 10. The summed E-state index contributed by atoms with van der Waals surface area (Å²) >= 11 is 0. The summed E-state index contributed by atoms with van der Waals surface area (Å²) < 4.78 is 6.72. The largest absolute Gasteiger partial charge is 0.412 e. The molecule has 0 aromatic heterocycles. The average Bonchev–Trinajstić information content (AvgIpc) is 2.34. The molecule has 0 aliphatic carbocycles.